The van der Waals surface area contributed by atoms with Crippen molar-refractivity contribution in [2.24, 2.45) is 0 Å². The van der Waals surface area contributed by atoms with Crippen molar-refractivity contribution in [3.63, 3.8) is 0 Å². The minimum absolute atomic E-state index is 0.00324. The topological polar surface area (TPSA) is 158 Å². The van der Waals surface area contributed by atoms with E-state index in [1.807, 2.05) is 30.3 Å². The van der Waals surface area contributed by atoms with Crippen LogP contribution in [0, 0.1) is 0 Å². The second kappa shape index (κ2) is 9.92. The molecular weight excluding hydrogens is 518 g/mol. The predicted octanol–water partition coefficient (Wildman–Crippen LogP) is 2.84. The number of thiophene rings is 1. The highest BCUT2D eigenvalue weighted by Crippen LogP contribution is 2.45. The molecule has 0 saturated carbocycles. The van der Waals surface area contributed by atoms with E-state index in [1.165, 1.54) is 35.0 Å². The van der Waals surface area contributed by atoms with Gasteiger partial charge in [-0.25, -0.2) is 18.9 Å². The van der Waals surface area contributed by atoms with Gasteiger partial charge < -0.3 is 9.32 Å². The van der Waals surface area contributed by atoms with Gasteiger partial charge in [0.25, 0.3) is 5.91 Å². The summed E-state index contributed by atoms with van der Waals surface area (Å²) >= 11 is 1.27. The smallest absolute Gasteiger partial charge is 0.257 e. The Bertz CT molecular complexity index is 1500. The lowest BCUT2D eigenvalue weighted by Gasteiger charge is -2.30. The Labute approximate surface area is 216 Å². The van der Waals surface area contributed by atoms with E-state index >= 15 is 0 Å². The SMILES string of the molecule is O=C(CC1(c2ccc(-c3ccc(-c4cnco4)cc3)s2)CCN(C(=O)c2cn[nH]c2)CCS1(=O)=O)NO. The zero-order valence-corrected chi connectivity index (χ0v) is 21.1. The van der Waals surface area contributed by atoms with Crippen molar-refractivity contribution < 1.29 is 27.6 Å². The second-order valence-corrected chi connectivity index (χ2v) is 12.2. The number of amides is 2. The Morgan fingerprint density at radius 2 is 1.92 bits per heavy atom. The van der Waals surface area contributed by atoms with Gasteiger partial charge >= 0.3 is 0 Å². The molecule has 3 aromatic heterocycles. The van der Waals surface area contributed by atoms with E-state index in [0.29, 0.717) is 16.2 Å². The van der Waals surface area contributed by atoms with Crippen LogP contribution in [0.5, 0.6) is 0 Å². The average Bonchev–Trinajstić information content (AvgIpc) is 3.69. The third kappa shape index (κ3) is 4.68. The lowest BCUT2D eigenvalue weighted by molar-refractivity contribution is -0.129. The molecule has 1 unspecified atom stereocenters. The van der Waals surface area contributed by atoms with Crippen LogP contribution in [0.3, 0.4) is 0 Å². The number of H-pyrrole nitrogens is 1. The highest BCUT2D eigenvalue weighted by atomic mass is 32.2. The summed E-state index contributed by atoms with van der Waals surface area (Å²) in [4.78, 5) is 31.9. The molecule has 1 fully saturated rings. The molecule has 0 aliphatic carbocycles. The number of carbonyl (C=O) groups excluding carboxylic acids is 2. The number of rotatable bonds is 6. The van der Waals surface area contributed by atoms with Crippen LogP contribution in [-0.2, 0) is 19.4 Å². The largest absolute Gasteiger partial charge is 0.444 e. The van der Waals surface area contributed by atoms with Gasteiger partial charge in [-0.05, 0) is 24.1 Å². The van der Waals surface area contributed by atoms with Crippen LogP contribution in [0.25, 0.3) is 21.8 Å². The van der Waals surface area contributed by atoms with Crippen molar-refractivity contribution in [1.29, 1.82) is 0 Å². The molecule has 1 aliphatic rings. The summed E-state index contributed by atoms with van der Waals surface area (Å²) in [6.45, 7) is 0.0945. The van der Waals surface area contributed by atoms with Gasteiger partial charge in [-0.3, -0.25) is 19.9 Å². The van der Waals surface area contributed by atoms with Gasteiger partial charge in [0.1, 0.15) is 4.75 Å². The first-order chi connectivity index (χ1) is 17.8. The van der Waals surface area contributed by atoms with Crippen LogP contribution in [-0.4, -0.2) is 64.4 Å². The van der Waals surface area contributed by atoms with E-state index < -0.39 is 26.9 Å². The fraction of sp³-hybridized carbons (Fsp3) is 0.250. The van der Waals surface area contributed by atoms with Gasteiger partial charge in [-0.15, -0.1) is 11.3 Å². The van der Waals surface area contributed by atoms with E-state index in [4.69, 9.17) is 4.42 Å². The van der Waals surface area contributed by atoms with E-state index in [1.54, 1.807) is 17.7 Å². The Hall–Kier alpha value is -3.81. The molecule has 4 aromatic rings. The van der Waals surface area contributed by atoms with Crippen LogP contribution in [0.4, 0.5) is 0 Å². The minimum atomic E-state index is -3.92. The van der Waals surface area contributed by atoms with Crippen LogP contribution in [0.15, 0.2) is 65.8 Å². The molecule has 3 N–H and O–H groups in total. The lowest BCUT2D eigenvalue weighted by atomic mass is 9.97. The summed E-state index contributed by atoms with van der Waals surface area (Å²) < 4.78 is 31.2. The maximum atomic E-state index is 13.7. The van der Waals surface area contributed by atoms with E-state index in [2.05, 4.69) is 15.2 Å². The number of aromatic amines is 1. The molecule has 1 aromatic carbocycles. The van der Waals surface area contributed by atoms with Gasteiger partial charge in [-0.1, -0.05) is 24.3 Å². The van der Waals surface area contributed by atoms with Gasteiger partial charge in [0.05, 0.1) is 30.1 Å². The van der Waals surface area contributed by atoms with Crippen molar-refractivity contribution in [3.8, 4) is 21.8 Å². The van der Waals surface area contributed by atoms with Crippen molar-refractivity contribution in [2.75, 3.05) is 18.8 Å². The molecule has 13 heteroatoms. The number of carbonyl (C=O) groups is 2. The van der Waals surface area contributed by atoms with Crippen molar-refractivity contribution in [3.05, 3.63) is 71.8 Å². The molecule has 4 heterocycles. The molecule has 0 bridgehead atoms. The number of aromatic nitrogens is 3. The van der Waals surface area contributed by atoms with E-state index in [0.717, 1.165) is 16.0 Å². The molecule has 37 heavy (non-hydrogen) atoms. The summed E-state index contributed by atoms with van der Waals surface area (Å²) in [7, 11) is -3.92. The lowest BCUT2D eigenvalue weighted by Crippen LogP contribution is -2.41. The quantitative estimate of drug-likeness (QED) is 0.248. The molecule has 1 aliphatic heterocycles. The van der Waals surface area contributed by atoms with Crippen LogP contribution in [0.1, 0.15) is 28.1 Å². The summed E-state index contributed by atoms with van der Waals surface area (Å²) in [6, 6.07) is 11.1. The molecule has 11 nitrogen and oxygen atoms in total. The number of hydrogen-bond donors (Lipinski definition) is 3. The Morgan fingerprint density at radius 3 is 2.59 bits per heavy atom. The molecule has 0 radical (unpaired) electrons. The standard InChI is InChI=1S/C24H23N5O6S2/c30-22(28-32)11-24(7-8-29(9-10-37(24,33)34)23(31)18-12-26-27-13-18)21-6-5-20(36-21)17-3-1-16(2-4-17)19-14-25-15-35-19/h1-6,12-15,32H,7-11H2,(H,26,27)(H,28,30). The number of oxazole rings is 1. The average molecular weight is 542 g/mol. The monoisotopic (exact) mass is 541 g/mol. The first kappa shape index (κ1) is 24.9. The van der Waals surface area contributed by atoms with Gasteiger partial charge in [0.2, 0.25) is 5.91 Å². The molecule has 192 valence electrons. The van der Waals surface area contributed by atoms with E-state index in [9.17, 15) is 23.2 Å². The minimum Gasteiger partial charge on any atom is -0.444 e. The Balaban J connectivity index is 1.48. The molecule has 2 amide bonds. The van der Waals surface area contributed by atoms with Gasteiger partial charge in [0.15, 0.2) is 22.0 Å². The zero-order chi connectivity index (χ0) is 26.0. The first-order valence-electron chi connectivity index (χ1n) is 11.4. The van der Waals surface area contributed by atoms with E-state index in [-0.39, 0.29) is 31.2 Å². The zero-order valence-electron chi connectivity index (χ0n) is 19.5. The van der Waals surface area contributed by atoms with Crippen LogP contribution >= 0.6 is 11.3 Å². The normalized spacial score (nSPS) is 19.3. The number of hydrogen-bond acceptors (Lipinski definition) is 9. The number of nitrogens with zero attached hydrogens (tertiary/aromatic N) is 3. The predicted molar refractivity (Wildman–Crippen MR) is 134 cm³/mol. The van der Waals surface area contributed by atoms with Crippen molar-refractivity contribution in [2.45, 2.75) is 17.6 Å². The third-order valence-electron chi connectivity index (χ3n) is 6.56. The molecule has 1 saturated heterocycles. The Kier molecular flexibility index (Phi) is 6.67. The summed E-state index contributed by atoms with van der Waals surface area (Å²) in [5.41, 5.74) is 3.61. The number of hydroxylamine groups is 1. The first-order valence-corrected chi connectivity index (χ1v) is 13.8. The van der Waals surface area contributed by atoms with Crippen molar-refractivity contribution in [1.82, 2.24) is 25.6 Å². The fourth-order valence-electron chi connectivity index (χ4n) is 4.52. The number of benzene rings is 1. The maximum absolute atomic E-state index is 13.7. The van der Waals surface area contributed by atoms with Gasteiger partial charge in [-0.2, -0.15) is 5.10 Å². The number of nitrogens with one attached hydrogen (secondary N) is 2. The number of sulfone groups is 1. The van der Waals surface area contributed by atoms with Gasteiger partial charge in [0, 0.05) is 34.6 Å². The summed E-state index contributed by atoms with van der Waals surface area (Å²) in [5, 5.41) is 15.6. The maximum Gasteiger partial charge on any atom is 0.257 e. The Morgan fingerprint density at radius 1 is 1.14 bits per heavy atom. The molecule has 0 spiro atoms. The highest BCUT2D eigenvalue weighted by Gasteiger charge is 2.50. The molecule has 5 rings (SSSR count). The van der Waals surface area contributed by atoms with Crippen LogP contribution < -0.4 is 5.48 Å². The third-order valence-corrected chi connectivity index (χ3v) is 10.5. The molecule has 1 atom stereocenters. The fourth-order valence-corrected chi connectivity index (χ4v) is 8.13. The highest BCUT2D eigenvalue weighted by molar-refractivity contribution is 7.92. The molecular formula is C24H23N5O6S2. The second-order valence-electron chi connectivity index (χ2n) is 8.66. The summed E-state index contributed by atoms with van der Waals surface area (Å²) in [6.07, 6.45) is 5.33. The van der Waals surface area contributed by atoms with Crippen LogP contribution in [0.2, 0.25) is 0 Å². The van der Waals surface area contributed by atoms with Crippen molar-refractivity contribution >= 4 is 33.0 Å². The summed E-state index contributed by atoms with van der Waals surface area (Å²) in [5.74, 6) is -0.852.